The smallest absolute Gasteiger partial charge is 0.277 e. The van der Waals surface area contributed by atoms with Crippen LogP contribution in [0.15, 0.2) is 77.7 Å². The molecule has 4 aromatic heterocycles. The number of hydrogen-bond donors (Lipinski definition) is 2. The van der Waals surface area contributed by atoms with E-state index in [1.165, 1.54) is 6.26 Å². The maximum absolute atomic E-state index is 13.3. The van der Waals surface area contributed by atoms with E-state index in [0.717, 1.165) is 5.69 Å². The number of rotatable bonds is 7. The Bertz CT molecular complexity index is 1780. The third-order valence-electron chi connectivity index (χ3n) is 5.53. The van der Waals surface area contributed by atoms with Gasteiger partial charge in [-0.25, -0.2) is 9.97 Å². The number of aromatic nitrogens is 4. The third-order valence-corrected chi connectivity index (χ3v) is 5.53. The molecule has 0 aliphatic rings. The molecule has 0 aliphatic carbocycles. The van der Waals surface area contributed by atoms with Gasteiger partial charge in [0.25, 0.3) is 5.91 Å². The van der Waals surface area contributed by atoms with Crippen molar-refractivity contribution >= 4 is 17.2 Å². The summed E-state index contributed by atoms with van der Waals surface area (Å²) >= 11 is 0. The number of aryl methyl sites for hydroxylation is 2. The quantitative estimate of drug-likeness (QED) is 0.323. The number of fused-ring (bicyclic) bond motifs is 1. The van der Waals surface area contributed by atoms with Crippen LogP contribution >= 0.6 is 0 Å². The van der Waals surface area contributed by atoms with Crippen LogP contribution in [0.3, 0.4) is 0 Å². The molecule has 0 saturated heterocycles. The minimum absolute atomic E-state index is 0.0157. The summed E-state index contributed by atoms with van der Waals surface area (Å²) in [6.45, 7) is 5.24. The summed E-state index contributed by atoms with van der Waals surface area (Å²) in [4.78, 5) is 26.4. The molecular formula is C28H27N5O3. The molecule has 0 spiro atoms. The molecule has 2 N–H and O–H groups in total. The van der Waals surface area contributed by atoms with Crippen LogP contribution in [0.4, 0.5) is 5.69 Å². The Balaban J connectivity index is 1.59. The largest absolute Gasteiger partial charge is 0.444 e. The van der Waals surface area contributed by atoms with Gasteiger partial charge in [0.2, 0.25) is 5.89 Å². The van der Waals surface area contributed by atoms with Crippen molar-refractivity contribution in [1.82, 2.24) is 19.4 Å². The second kappa shape index (κ2) is 9.39. The Kier molecular flexibility index (Phi) is 4.70. The number of hydrogen-bond acceptors (Lipinski definition) is 6. The van der Waals surface area contributed by atoms with Crippen molar-refractivity contribution in [3.63, 3.8) is 0 Å². The topological polar surface area (TPSA) is 106 Å². The van der Waals surface area contributed by atoms with Crippen molar-refractivity contribution in [1.29, 1.82) is 0 Å². The zero-order chi connectivity index (χ0) is 29.6. The van der Waals surface area contributed by atoms with Crippen LogP contribution in [0.5, 0.6) is 0 Å². The SMILES string of the molecule is [2H]c1c([2H])c([2H])c(-c2cc3nc(CCC(C)(C)O)cn3cc2NC(=O)c2coc(-c3ccnc(C)c3)n2)c([2H])c1[2H]. The highest BCUT2D eigenvalue weighted by atomic mass is 16.3. The Labute approximate surface area is 215 Å². The number of oxazole rings is 1. The predicted molar refractivity (Wildman–Crippen MR) is 138 cm³/mol. The Morgan fingerprint density at radius 1 is 1.17 bits per heavy atom. The molecule has 1 aromatic carbocycles. The predicted octanol–water partition coefficient (Wildman–Crippen LogP) is 5.32. The first-order chi connectivity index (χ1) is 19.3. The molecule has 36 heavy (non-hydrogen) atoms. The lowest BCUT2D eigenvalue weighted by atomic mass is 10.0. The highest BCUT2D eigenvalue weighted by Crippen LogP contribution is 2.30. The van der Waals surface area contributed by atoms with Gasteiger partial charge in [0.15, 0.2) is 5.69 Å². The summed E-state index contributed by atoms with van der Waals surface area (Å²) in [6, 6.07) is 2.69. The van der Waals surface area contributed by atoms with Crippen molar-refractivity contribution in [2.24, 2.45) is 0 Å². The molecule has 0 aliphatic heterocycles. The summed E-state index contributed by atoms with van der Waals surface area (Å²) in [7, 11) is 0. The van der Waals surface area contributed by atoms with E-state index in [4.69, 9.17) is 11.3 Å². The van der Waals surface area contributed by atoms with Crippen LogP contribution < -0.4 is 5.32 Å². The zero-order valence-electron chi connectivity index (χ0n) is 25.0. The van der Waals surface area contributed by atoms with Gasteiger partial charge in [-0.2, -0.15) is 0 Å². The van der Waals surface area contributed by atoms with Crippen LogP contribution in [0.25, 0.3) is 28.2 Å². The number of carbonyl (C=O) groups excluding carboxylic acids is 1. The van der Waals surface area contributed by atoms with E-state index in [2.05, 4.69) is 20.3 Å². The average molecular weight is 487 g/mol. The fourth-order valence-corrected chi connectivity index (χ4v) is 3.71. The molecule has 0 bridgehead atoms. The monoisotopic (exact) mass is 486 g/mol. The number of benzene rings is 1. The average Bonchev–Trinajstić information content (AvgIpc) is 3.57. The Morgan fingerprint density at radius 3 is 2.72 bits per heavy atom. The maximum Gasteiger partial charge on any atom is 0.277 e. The van der Waals surface area contributed by atoms with E-state index < -0.39 is 41.7 Å². The van der Waals surface area contributed by atoms with Gasteiger partial charge in [0, 0.05) is 35.4 Å². The summed E-state index contributed by atoms with van der Waals surface area (Å²) in [6.07, 6.45) is 7.08. The summed E-state index contributed by atoms with van der Waals surface area (Å²) in [5, 5.41) is 12.9. The molecule has 0 radical (unpaired) electrons. The lowest BCUT2D eigenvalue weighted by molar-refractivity contribution is 0.0711. The number of aliphatic hydroxyl groups is 1. The van der Waals surface area contributed by atoms with E-state index in [0.29, 0.717) is 29.7 Å². The fraction of sp³-hybridized carbons (Fsp3) is 0.214. The molecule has 1 amide bonds. The Morgan fingerprint density at radius 2 is 1.97 bits per heavy atom. The molecule has 8 nitrogen and oxygen atoms in total. The van der Waals surface area contributed by atoms with E-state index >= 15 is 0 Å². The van der Waals surface area contributed by atoms with Crippen LogP contribution in [0.2, 0.25) is 0 Å². The summed E-state index contributed by atoms with van der Waals surface area (Å²) in [5.41, 5.74) is 1.90. The van der Waals surface area contributed by atoms with Gasteiger partial charge in [-0.15, -0.1) is 0 Å². The molecule has 182 valence electrons. The maximum atomic E-state index is 13.3. The lowest BCUT2D eigenvalue weighted by Gasteiger charge is -2.15. The van der Waals surface area contributed by atoms with E-state index in [9.17, 15) is 9.90 Å². The van der Waals surface area contributed by atoms with E-state index in [1.807, 2.05) is 6.92 Å². The highest BCUT2D eigenvalue weighted by Gasteiger charge is 2.18. The van der Waals surface area contributed by atoms with E-state index in [-0.39, 0.29) is 28.4 Å². The van der Waals surface area contributed by atoms with Crippen LogP contribution in [-0.4, -0.2) is 36.0 Å². The van der Waals surface area contributed by atoms with Gasteiger partial charge in [-0.1, -0.05) is 30.2 Å². The van der Waals surface area contributed by atoms with Crippen LogP contribution in [0.1, 0.15) is 49.0 Å². The van der Waals surface area contributed by atoms with Crippen molar-refractivity contribution in [2.75, 3.05) is 5.32 Å². The molecule has 5 aromatic rings. The number of amides is 1. The first kappa shape index (κ1) is 18.0. The van der Waals surface area contributed by atoms with Gasteiger partial charge >= 0.3 is 0 Å². The molecule has 5 rings (SSSR count). The zero-order valence-corrected chi connectivity index (χ0v) is 20.0. The Hall–Kier alpha value is -4.30. The number of carbonyl (C=O) groups is 1. The second-order valence-electron chi connectivity index (χ2n) is 9.09. The van der Waals surface area contributed by atoms with Gasteiger partial charge in [-0.05, 0) is 57.4 Å². The van der Waals surface area contributed by atoms with Crippen LogP contribution in [0, 0.1) is 6.92 Å². The van der Waals surface area contributed by atoms with Crippen molar-refractivity contribution in [3.8, 4) is 22.6 Å². The standard InChI is InChI=1S/C28H27N5O3/c1-18-13-20(10-12-29-18)27-32-24(17-36-27)26(34)31-23-16-33-15-21(9-11-28(2,3)35)30-25(33)14-22(23)19-7-5-4-6-8-19/h4-8,10,12-17,35H,9,11H2,1-3H3,(H,31,34)/i4D,5D,6D,7D,8D. The number of imidazole rings is 1. The highest BCUT2D eigenvalue weighted by molar-refractivity contribution is 6.05. The number of nitrogens with one attached hydrogen (secondary N) is 1. The van der Waals surface area contributed by atoms with Crippen molar-refractivity contribution in [2.45, 2.75) is 39.2 Å². The van der Waals surface area contributed by atoms with E-state index in [1.54, 1.807) is 55.0 Å². The van der Waals surface area contributed by atoms with Gasteiger partial charge < -0.3 is 19.2 Å². The lowest BCUT2D eigenvalue weighted by Crippen LogP contribution is -2.19. The number of pyridine rings is 2. The minimum atomic E-state index is -0.890. The molecule has 8 heteroatoms. The molecular weight excluding hydrogens is 454 g/mol. The minimum Gasteiger partial charge on any atom is -0.444 e. The molecule has 0 atom stereocenters. The molecule has 0 unspecified atom stereocenters. The first-order valence-corrected chi connectivity index (χ1v) is 11.3. The second-order valence-corrected chi connectivity index (χ2v) is 9.09. The number of anilines is 1. The van der Waals surface area contributed by atoms with Gasteiger partial charge in [0.1, 0.15) is 11.9 Å². The third kappa shape index (κ3) is 5.18. The van der Waals surface area contributed by atoms with Crippen molar-refractivity contribution in [3.05, 3.63) is 90.3 Å². The molecule has 0 fully saturated rings. The number of nitrogens with zero attached hydrogens (tertiary/aromatic N) is 4. The van der Waals surface area contributed by atoms with Gasteiger partial charge in [-0.3, -0.25) is 9.78 Å². The summed E-state index contributed by atoms with van der Waals surface area (Å²) < 4.78 is 48.5. The van der Waals surface area contributed by atoms with Crippen molar-refractivity contribution < 1.29 is 21.2 Å². The first-order valence-electron chi connectivity index (χ1n) is 13.8. The molecule has 0 saturated carbocycles. The summed E-state index contributed by atoms with van der Waals surface area (Å²) in [5.74, 6) is -0.394. The molecule has 4 heterocycles. The fourth-order valence-electron chi connectivity index (χ4n) is 3.71. The van der Waals surface area contributed by atoms with Crippen LogP contribution in [-0.2, 0) is 6.42 Å². The normalized spacial score (nSPS) is 13.6. The van der Waals surface area contributed by atoms with Gasteiger partial charge in [0.05, 0.1) is 23.8 Å².